The van der Waals surface area contributed by atoms with Gasteiger partial charge in [0.1, 0.15) is 11.4 Å². The number of hydrogen-bond acceptors (Lipinski definition) is 4. The molecule has 1 aliphatic heterocycles. The van der Waals surface area contributed by atoms with Crippen LogP contribution in [0, 0.1) is 0 Å². The number of aromatic hydroxyl groups is 1. The zero-order chi connectivity index (χ0) is 17.2. The molecule has 1 aromatic heterocycles. The lowest BCUT2D eigenvalue weighted by Gasteiger charge is -2.32. The SMILES string of the molecule is O=C(c1cnc2ccccc2n1)N1CCC(c2ccc(O)cc2)CC1. The standard InChI is InChI=1S/C20H19N3O2/c24-16-7-5-14(6-8-16)15-9-11-23(12-10-15)20(25)19-13-21-17-3-1-2-4-18(17)22-19/h1-8,13,15,24H,9-12H2. The molecule has 0 aliphatic carbocycles. The second-order valence-corrected chi connectivity index (χ2v) is 6.40. The first kappa shape index (κ1) is 15.6. The van der Waals surface area contributed by atoms with Crippen LogP contribution in [0.1, 0.15) is 34.8 Å². The van der Waals surface area contributed by atoms with Crippen LogP contribution < -0.4 is 0 Å². The molecule has 0 bridgehead atoms. The van der Waals surface area contributed by atoms with Crippen molar-refractivity contribution in [2.45, 2.75) is 18.8 Å². The zero-order valence-corrected chi connectivity index (χ0v) is 13.8. The van der Waals surface area contributed by atoms with Crippen molar-refractivity contribution in [1.82, 2.24) is 14.9 Å². The van der Waals surface area contributed by atoms with Crippen LogP contribution in [0.15, 0.2) is 54.7 Å². The Morgan fingerprint density at radius 2 is 1.68 bits per heavy atom. The molecule has 1 fully saturated rings. The number of para-hydroxylation sites is 2. The number of carbonyl (C=O) groups excluding carboxylic acids is 1. The van der Waals surface area contributed by atoms with E-state index in [1.807, 2.05) is 41.3 Å². The second-order valence-electron chi connectivity index (χ2n) is 6.40. The van der Waals surface area contributed by atoms with Crippen LogP contribution in [0.3, 0.4) is 0 Å². The molecule has 0 radical (unpaired) electrons. The fourth-order valence-corrected chi connectivity index (χ4v) is 3.38. The van der Waals surface area contributed by atoms with E-state index < -0.39 is 0 Å². The fraction of sp³-hybridized carbons (Fsp3) is 0.250. The summed E-state index contributed by atoms with van der Waals surface area (Å²) in [6, 6.07) is 14.9. The first-order valence-electron chi connectivity index (χ1n) is 8.51. The van der Waals surface area contributed by atoms with Gasteiger partial charge in [-0.1, -0.05) is 24.3 Å². The molecular weight excluding hydrogens is 314 g/mol. The van der Waals surface area contributed by atoms with Gasteiger partial charge < -0.3 is 10.0 Å². The van der Waals surface area contributed by atoms with Gasteiger partial charge in [0.25, 0.3) is 5.91 Å². The van der Waals surface area contributed by atoms with Crippen LogP contribution in [0.2, 0.25) is 0 Å². The number of rotatable bonds is 2. The first-order valence-corrected chi connectivity index (χ1v) is 8.51. The van der Waals surface area contributed by atoms with Gasteiger partial charge in [0.05, 0.1) is 17.2 Å². The summed E-state index contributed by atoms with van der Waals surface area (Å²) in [5.74, 6) is 0.654. The molecule has 1 amide bonds. The van der Waals surface area contributed by atoms with Crippen molar-refractivity contribution in [3.8, 4) is 5.75 Å². The van der Waals surface area contributed by atoms with E-state index in [1.54, 1.807) is 18.3 Å². The largest absolute Gasteiger partial charge is 0.508 e. The van der Waals surface area contributed by atoms with E-state index in [9.17, 15) is 9.90 Å². The molecule has 4 rings (SSSR count). The van der Waals surface area contributed by atoms with Gasteiger partial charge in [0.15, 0.2) is 0 Å². The summed E-state index contributed by atoms with van der Waals surface area (Å²) >= 11 is 0. The molecule has 2 heterocycles. The van der Waals surface area contributed by atoms with E-state index in [-0.39, 0.29) is 11.7 Å². The maximum Gasteiger partial charge on any atom is 0.274 e. The summed E-state index contributed by atoms with van der Waals surface area (Å²) in [6.07, 6.45) is 3.39. The third-order valence-corrected chi connectivity index (χ3v) is 4.81. The number of likely N-dealkylation sites (tertiary alicyclic amines) is 1. The third-order valence-electron chi connectivity index (χ3n) is 4.81. The monoisotopic (exact) mass is 333 g/mol. The third kappa shape index (κ3) is 3.18. The highest BCUT2D eigenvalue weighted by Crippen LogP contribution is 2.29. The van der Waals surface area contributed by atoms with E-state index in [4.69, 9.17) is 0 Å². The molecule has 3 aromatic rings. The molecule has 5 heteroatoms. The van der Waals surface area contributed by atoms with Crippen molar-refractivity contribution in [3.63, 3.8) is 0 Å². The van der Waals surface area contributed by atoms with Crippen molar-refractivity contribution in [2.24, 2.45) is 0 Å². The lowest BCUT2D eigenvalue weighted by molar-refractivity contribution is 0.0707. The highest BCUT2D eigenvalue weighted by molar-refractivity contribution is 5.93. The van der Waals surface area contributed by atoms with Crippen molar-refractivity contribution < 1.29 is 9.90 Å². The average Bonchev–Trinajstić information content (AvgIpc) is 2.68. The molecule has 0 spiro atoms. The fourth-order valence-electron chi connectivity index (χ4n) is 3.38. The smallest absolute Gasteiger partial charge is 0.274 e. The molecular formula is C20H19N3O2. The molecule has 0 atom stereocenters. The molecule has 2 aromatic carbocycles. The number of phenols is 1. The molecule has 25 heavy (non-hydrogen) atoms. The topological polar surface area (TPSA) is 66.3 Å². The minimum absolute atomic E-state index is 0.0533. The van der Waals surface area contributed by atoms with Crippen LogP contribution in [-0.4, -0.2) is 39.0 Å². The summed E-state index contributed by atoms with van der Waals surface area (Å²) in [5, 5.41) is 9.41. The molecule has 0 saturated carbocycles. The molecule has 0 unspecified atom stereocenters. The molecule has 126 valence electrons. The lowest BCUT2D eigenvalue weighted by atomic mass is 9.89. The van der Waals surface area contributed by atoms with E-state index in [2.05, 4.69) is 9.97 Å². The Morgan fingerprint density at radius 1 is 1.00 bits per heavy atom. The summed E-state index contributed by atoms with van der Waals surface area (Å²) in [5.41, 5.74) is 3.16. The number of benzene rings is 2. The van der Waals surface area contributed by atoms with Gasteiger partial charge in [0.2, 0.25) is 0 Å². The highest BCUT2D eigenvalue weighted by atomic mass is 16.3. The molecule has 1 saturated heterocycles. The Hall–Kier alpha value is -2.95. The number of phenolic OH excluding ortho intramolecular Hbond substituents is 1. The van der Waals surface area contributed by atoms with Crippen molar-refractivity contribution in [2.75, 3.05) is 13.1 Å². The Balaban J connectivity index is 1.46. The van der Waals surface area contributed by atoms with Crippen molar-refractivity contribution in [1.29, 1.82) is 0 Å². The van der Waals surface area contributed by atoms with Crippen LogP contribution in [0.4, 0.5) is 0 Å². The molecule has 1 aliphatic rings. The van der Waals surface area contributed by atoms with Crippen LogP contribution >= 0.6 is 0 Å². The van der Waals surface area contributed by atoms with Crippen molar-refractivity contribution in [3.05, 3.63) is 66.0 Å². The average molecular weight is 333 g/mol. The van der Waals surface area contributed by atoms with Crippen LogP contribution in [-0.2, 0) is 0 Å². The Labute approximate surface area is 146 Å². The first-order chi connectivity index (χ1) is 12.2. The molecule has 1 N–H and O–H groups in total. The van der Waals surface area contributed by atoms with E-state index in [0.717, 1.165) is 23.9 Å². The molecule has 5 nitrogen and oxygen atoms in total. The quantitative estimate of drug-likeness (QED) is 0.781. The zero-order valence-electron chi connectivity index (χ0n) is 13.8. The lowest BCUT2D eigenvalue weighted by Crippen LogP contribution is -2.38. The van der Waals surface area contributed by atoms with Gasteiger partial charge in [-0.15, -0.1) is 0 Å². The summed E-state index contributed by atoms with van der Waals surface area (Å²) in [6.45, 7) is 1.41. The number of nitrogens with zero attached hydrogens (tertiary/aromatic N) is 3. The summed E-state index contributed by atoms with van der Waals surface area (Å²) in [4.78, 5) is 23.4. The van der Waals surface area contributed by atoms with E-state index >= 15 is 0 Å². The Morgan fingerprint density at radius 3 is 2.40 bits per heavy atom. The van der Waals surface area contributed by atoms with Gasteiger partial charge in [-0.2, -0.15) is 0 Å². The van der Waals surface area contributed by atoms with Gasteiger partial charge in [-0.3, -0.25) is 9.78 Å². The minimum Gasteiger partial charge on any atom is -0.508 e. The number of amides is 1. The Kier molecular flexibility index (Phi) is 4.06. The number of piperidine rings is 1. The summed E-state index contributed by atoms with van der Waals surface area (Å²) in [7, 11) is 0. The number of fused-ring (bicyclic) bond motifs is 1. The highest BCUT2D eigenvalue weighted by Gasteiger charge is 2.25. The van der Waals surface area contributed by atoms with E-state index in [1.165, 1.54) is 5.56 Å². The predicted molar refractivity (Wildman–Crippen MR) is 95.5 cm³/mol. The van der Waals surface area contributed by atoms with Crippen LogP contribution in [0.5, 0.6) is 5.75 Å². The van der Waals surface area contributed by atoms with Gasteiger partial charge in [-0.05, 0) is 48.6 Å². The van der Waals surface area contributed by atoms with Crippen molar-refractivity contribution >= 4 is 16.9 Å². The maximum atomic E-state index is 12.7. The van der Waals surface area contributed by atoms with Gasteiger partial charge >= 0.3 is 0 Å². The Bertz CT molecular complexity index is 900. The minimum atomic E-state index is -0.0533. The number of hydrogen-bond donors (Lipinski definition) is 1. The van der Waals surface area contributed by atoms with Gasteiger partial charge in [0, 0.05) is 13.1 Å². The number of carbonyl (C=O) groups is 1. The summed E-state index contributed by atoms with van der Waals surface area (Å²) < 4.78 is 0. The number of aromatic nitrogens is 2. The second kappa shape index (κ2) is 6.51. The normalized spacial score (nSPS) is 15.4. The van der Waals surface area contributed by atoms with Crippen LogP contribution in [0.25, 0.3) is 11.0 Å². The maximum absolute atomic E-state index is 12.7. The van der Waals surface area contributed by atoms with Gasteiger partial charge in [-0.25, -0.2) is 4.98 Å². The van der Waals surface area contributed by atoms with E-state index in [0.29, 0.717) is 24.7 Å². The predicted octanol–water partition coefficient (Wildman–Crippen LogP) is 3.36.